The SMILES string of the molecule is COC(=O)C1(C(=O)OC)C(O)NC(C)=C(C(=O)OC(CN(C)Cc2ccccc2)c2ccccc2)C1c1cccc([N+](=O)[O-])c1. The molecule has 3 aromatic rings. The normalized spacial score (nSPS) is 18.0. The van der Waals surface area contributed by atoms with Gasteiger partial charge in [-0.15, -0.1) is 0 Å². The summed E-state index contributed by atoms with van der Waals surface area (Å²) in [5.74, 6) is -4.95. The molecule has 1 heterocycles. The average molecular weight is 618 g/mol. The number of ether oxygens (including phenoxy) is 3. The molecule has 4 rings (SSSR count). The highest BCUT2D eigenvalue weighted by Crippen LogP contribution is 2.50. The lowest BCUT2D eigenvalue weighted by Gasteiger charge is -2.44. The Morgan fingerprint density at radius 3 is 2.16 bits per heavy atom. The predicted octanol–water partition coefficient (Wildman–Crippen LogP) is 3.62. The summed E-state index contributed by atoms with van der Waals surface area (Å²) in [6, 6.07) is 23.9. The first-order valence-corrected chi connectivity index (χ1v) is 14.1. The molecule has 0 radical (unpaired) electrons. The van der Waals surface area contributed by atoms with Crippen LogP contribution in [0.15, 0.2) is 96.2 Å². The van der Waals surface area contributed by atoms with Gasteiger partial charge in [-0.1, -0.05) is 72.8 Å². The number of carbonyl (C=O) groups is 3. The molecule has 0 aromatic heterocycles. The zero-order valence-corrected chi connectivity index (χ0v) is 25.3. The number of carbonyl (C=O) groups excluding carboxylic acids is 3. The third-order valence-corrected chi connectivity index (χ3v) is 7.81. The minimum atomic E-state index is -2.57. The third kappa shape index (κ3) is 6.71. The lowest BCUT2D eigenvalue weighted by atomic mass is 9.64. The summed E-state index contributed by atoms with van der Waals surface area (Å²) in [4.78, 5) is 54.3. The van der Waals surface area contributed by atoms with Crippen LogP contribution in [0.4, 0.5) is 5.69 Å². The molecule has 1 aliphatic heterocycles. The Balaban J connectivity index is 1.83. The highest BCUT2D eigenvalue weighted by Gasteiger charge is 2.65. The highest BCUT2D eigenvalue weighted by molar-refractivity contribution is 6.06. The van der Waals surface area contributed by atoms with E-state index >= 15 is 0 Å². The number of methoxy groups -OCH3 is 2. The van der Waals surface area contributed by atoms with Crippen molar-refractivity contribution in [3.63, 3.8) is 0 Å². The maximum absolute atomic E-state index is 14.3. The van der Waals surface area contributed by atoms with Crippen LogP contribution in [0.5, 0.6) is 0 Å². The van der Waals surface area contributed by atoms with Crippen molar-refractivity contribution >= 4 is 23.6 Å². The van der Waals surface area contributed by atoms with Crippen molar-refractivity contribution in [3.05, 3.63) is 123 Å². The summed E-state index contributed by atoms with van der Waals surface area (Å²) < 4.78 is 16.1. The van der Waals surface area contributed by atoms with Gasteiger partial charge in [-0.05, 0) is 30.7 Å². The first-order chi connectivity index (χ1) is 21.5. The molecule has 1 aliphatic rings. The maximum Gasteiger partial charge on any atom is 0.337 e. The largest absolute Gasteiger partial charge is 0.468 e. The summed E-state index contributed by atoms with van der Waals surface area (Å²) >= 11 is 0. The number of nitro groups is 1. The fourth-order valence-electron chi connectivity index (χ4n) is 5.71. The number of hydrogen-bond donors (Lipinski definition) is 2. The third-order valence-electron chi connectivity index (χ3n) is 7.81. The van der Waals surface area contributed by atoms with Crippen LogP contribution in [-0.4, -0.2) is 66.9 Å². The fraction of sp³-hybridized carbons (Fsp3) is 0.303. The van der Waals surface area contributed by atoms with Gasteiger partial charge >= 0.3 is 17.9 Å². The van der Waals surface area contributed by atoms with Gasteiger partial charge in [0, 0.05) is 36.8 Å². The molecule has 236 valence electrons. The average Bonchev–Trinajstić information content (AvgIpc) is 3.04. The Bertz CT molecular complexity index is 1560. The van der Waals surface area contributed by atoms with E-state index in [0.717, 1.165) is 25.8 Å². The van der Waals surface area contributed by atoms with Gasteiger partial charge < -0.3 is 24.6 Å². The smallest absolute Gasteiger partial charge is 0.337 e. The molecule has 3 unspecified atom stereocenters. The van der Waals surface area contributed by atoms with E-state index in [1.165, 1.54) is 25.1 Å². The second-order valence-electron chi connectivity index (χ2n) is 10.7. The molecule has 0 amide bonds. The van der Waals surface area contributed by atoms with Gasteiger partial charge in [0.1, 0.15) is 6.10 Å². The van der Waals surface area contributed by atoms with E-state index in [9.17, 15) is 29.6 Å². The number of hydrogen-bond acceptors (Lipinski definition) is 11. The van der Waals surface area contributed by atoms with Crippen LogP contribution in [0.25, 0.3) is 0 Å². The fourth-order valence-corrected chi connectivity index (χ4v) is 5.71. The van der Waals surface area contributed by atoms with Gasteiger partial charge in [0.2, 0.25) is 5.41 Å². The van der Waals surface area contributed by atoms with Crippen LogP contribution in [0.3, 0.4) is 0 Å². The summed E-state index contributed by atoms with van der Waals surface area (Å²) in [7, 11) is 3.91. The summed E-state index contributed by atoms with van der Waals surface area (Å²) in [5, 5.41) is 25.6. The van der Waals surface area contributed by atoms with Gasteiger partial charge in [0.15, 0.2) is 6.23 Å². The molecule has 0 fully saturated rings. The molecular formula is C33H35N3O9. The number of esters is 3. The second-order valence-corrected chi connectivity index (χ2v) is 10.7. The molecule has 45 heavy (non-hydrogen) atoms. The van der Waals surface area contributed by atoms with E-state index in [-0.39, 0.29) is 29.1 Å². The monoisotopic (exact) mass is 617 g/mol. The Labute approximate surface area is 260 Å². The van der Waals surface area contributed by atoms with Crippen LogP contribution in [0, 0.1) is 15.5 Å². The number of benzene rings is 3. The number of nitrogens with one attached hydrogen (secondary N) is 1. The number of allylic oxidation sites excluding steroid dienone is 1. The van der Waals surface area contributed by atoms with E-state index < -0.39 is 46.5 Å². The molecule has 0 spiro atoms. The molecule has 2 N–H and O–H groups in total. The summed E-state index contributed by atoms with van der Waals surface area (Å²) in [6.07, 6.45) is -2.74. The van der Waals surface area contributed by atoms with Crippen molar-refractivity contribution < 1.29 is 38.6 Å². The summed E-state index contributed by atoms with van der Waals surface area (Å²) in [6.45, 7) is 2.30. The molecular weight excluding hydrogens is 582 g/mol. The highest BCUT2D eigenvalue weighted by atomic mass is 16.6. The first-order valence-electron chi connectivity index (χ1n) is 14.1. The lowest BCUT2D eigenvalue weighted by molar-refractivity contribution is -0.385. The molecule has 12 heteroatoms. The number of non-ortho nitro benzene ring substituents is 1. The van der Waals surface area contributed by atoms with Gasteiger partial charge in [0.05, 0.1) is 24.7 Å². The topological polar surface area (TPSA) is 158 Å². The van der Waals surface area contributed by atoms with Crippen LogP contribution in [0.1, 0.15) is 35.6 Å². The van der Waals surface area contributed by atoms with Crippen molar-refractivity contribution in [2.45, 2.75) is 31.7 Å². The standard InChI is InChI=1S/C33H35N3O9/c1-21-27(29(37)45-26(23-14-9-6-10-15-23)20-35(2)19-22-12-7-5-8-13-22)28(24-16-11-17-25(18-24)36(41)42)33(30(38)34-21,31(39)43-3)32(40)44-4/h5-18,26,28,30,34,38H,19-20H2,1-4H3. The molecule has 3 aromatic carbocycles. The van der Waals surface area contributed by atoms with E-state index in [2.05, 4.69) is 5.32 Å². The summed E-state index contributed by atoms with van der Waals surface area (Å²) in [5.41, 5.74) is -1.29. The zero-order chi connectivity index (χ0) is 32.7. The first kappa shape index (κ1) is 32.8. The van der Waals surface area contributed by atoms with E-state index in [0.29, 0.717) is 12.1 Å². The Morgan fingerprint density at radius 2 is 1.58 bits per heavy atom. The van der Waals surface area contributed by atoms with Crippen LogP contribution >= 0.6 is 0 Å². The van der Waals surface area contributed by atoms with E-state index in [4.69, 9.17) is 14.2 Å². The molecule has 3 atom stereocenters. The quantitative estimate of drug-likeness (QED) is 0.106. The number of nitro benzene ring substituents is 1. The van der Waals surface area contributed by atoms with E-state index in [1.54, 1.807) is 0 Å². The molecule has 12 nitrogen and oxygen atoms in total. The second kappa shape index (κ2) is 14.1. The Kier molecular flexibility index (Phi) is 10.3. The van der Waals surface area contributed by atoms with Crippen molar-refractivity contribution in [1.82, 2.24) is 10.2 Å². The van der Waals surface area contributed by atoms with Gasteiger partial charge in [-0.2, -0.15) is 0 Å². The minimum absolute atomic E-state index is 0.0179. The molecule has 0 saturated carbocycles. The van der Waals surface area contributed by atoms with Crippen molar-refractivity contribution in [1.29, 1.82) is 0 Å². The van der Waals surface area contributed by atoms with Crippen molar-refractivity contribution in [2.75, 3.05) is 27.8 Å². The Hall–Kier alpha value is -5.07. The van der Waals surface area contributed by atoms with Crippen LogP contribution in [0.2, 0.25) is 0 Å². The number of nitrogens with zero attached hydrogens (tertiary/aromatic N) is 2. The number of likely N-dealkylation sites (N-methyl/N-ethyl adjacent to an activating group) is 1. The number of rotatable bonds is 11. The van der Waals surface area contributed by atoms with Crippen LogP contribution < -0.4 is 5.32 Å². The maximum atomic E-state index is 14.3. The molecule has 0 aliphatic carbocycles. The number of aliphatic hydroxyl groups is 1. The molecule has 0 bridgehead atoms. The van der Waals surface area contributed by atoms with Gasteiger partial charge in [-0.25, -0.2) is 4.79 Å². The number of aliphatic hydroxyl groups excluding tert-OH is 1. The predicted molar refractivity (Wildman–Crippen MR) is 162 cm³/mol. The van der Waals surface area contributed by atoms with Crippen molar-refractivity contribution in [3.8, 4) is 0 Å². The zero-order valence-electron chi connectivity index (χ0n) is 25.3. The molecule has 0 saturated heterocycles. The van der Waals surface area contributed by atoms with Crippen LogP contribution in [-0.2, 0) is 35.1 Å². The van der Waals surface area contributed by atoms with E-state index in [1.807, 2.05) is 72.6 Å². The minimum Gasteiger partial charge on any atom is -0.468 e. The van der Waals surface area contributed by atoms with Gasteiger partial charge in [-0.3, -0.25) is 24.6 Å². The van der Waals surface area contributed by atoms with Crippen molar-refractivity contribution in [2.24, 2.45) is 5.41 Å². The lowest BCUT2D eigenvalue weighted by Crippen LogP contribution is -2.62. The Morgan fingerprint density at radius 1 is 0.978 bits per heavy atom. The van der Waals surface area contributed by atoms with Gasteiger partial charge in [0.25, 0.3) is 5.69 Å².